The van der Waals surface area contributed by atoms with Crippen molar-refractivity contribution >= 4 is 11.6 Å². The summed E-state index contributed by atoms with van der Waals surface area (Å²) < 4.78 is 10.7. The number of rotatable bonds is 6. The first kappa shape index (κ1) is 17.5. The fourth-order valence-corrected chi connectivity index (χ4v) is 2.57. The molecule has 8 nitrogen and oxygen atoms in total. The number of ether oxygens (including phenoxy) is 2. The van der Waals surface area contributed by atoms with Crippen LogP contribution in [0.4, 0.5) is 5.69 Å². The Balaban J connectivity index is 1.67. The normalized spacial score (nSPS) is 12.7. The average molecular weight is 356 g/mol. The number of hydrogen-bond donors (Lipinski definition) is 2. The molecular formula is C18H20N4O4. The number of benzene rings is 2. The SMILES string of the molecule is CCNC(=NCc1ccc2c(c1)OCO2)NCc1ccccc1[N+](=O)[O-]. The van der Waals surface area contributed by atoms with Crippen LogP contribution in [0.25, 0.3) is 0 Å². The Labute approximate surface area is 151 Å². The number of nitro groups is 1. The monoisotopic (exact) mass is 356 g/mol. The van der Waals surface area contributed by atoms with Gasteiger partial charge in [-0.15, -0.1) is 0 Å². The summed E-state index contributed by atoms with van der Waals surface area (Å²) in [6, 6.07) is 12.3. The zero-order valence-electron chi connectivity index (χ0n) is 14.4. The van der Waals surface area contributed by atoms with E-state index in [1.54, 1.807) is 18.2 Å². The molecule has 1 heterocycles. The number of para-hydroxylation sites is 1. The van der Waals surface area contributed by atoms with Crippen molar-refractivity contribution in [3.63, 3.8) is 0 Å². The highest BCUT2D eigenvalue weighted by atomic mass is 16.7. The molecule has 2 aromatic carbocycles. The molecule has 0 amide bonds. The van der Waals surface area contributed by atoms with Crippen molar-refractivity contribution < 1.29 is 14.4 Å². The van der Waals surface area contributed by atoms with Gasteiger partial charge in [0, 0.05) is 24.7 Å². The number of fused-ring (bicyclic) bond motifs is 1. The molecule has 0 aliphatic carbocycles. The second-order valence-corrected chi connectivity index (χ2v) is 5.62. The minimum absolute atomic E-state index is 0.0895. The zero-order valence-corrected chi connectivity index (χ0v) is 14.4. The summed E-state index contributed by atoms with van der Waals surface area (Å²) in [4.78, 5) is 15.3. The molecule has 0 atom stereocenters. The number of nitro benzene ring substituents is 1. The molecule has 0 spiro atoms. The predicted molar refractivity (Wildman–Crippen MR) is 97.3 cm³/mol. The van der Waals surface area contributed by atoms with Crippen LogP contribution in [-0.2, 0) is 13.1 Å². The molecular weight excluding hydrogens is 336 g/mol. The third kappa shape index (κ3) is 4.21. The van der Waals surface area contributed by atoms with E-state index >= 15 is 0 Å². The van der Waals surface area contributed by atoms with E-state index in [4.69, 9.17) is 9.47 Å². The van der Waals surface area contributed by atoms with E-state index in [0.717, 1.165) is 17.1 Å². The van der Waals surface area contributed by atoms with Crippen LogP contribution in [0.5, 0.6) is 11.5 Å². The Morgan fingerprint density at radius 2 is 2.00 bits per heavy atom. The van der Waals surface area contributed by atoms with Crippen LogP contribution in [0.2, 0.25) is 0 Å². The van der Waals surface area contributed by atoms with Crippen LogP contribution < -0.4 is 20.1 Å². The van der Waals surface area contributed by atoms with Gasteiger partial charge in [-0.3, -0.25) is 10.1 Å². The summed E-state index contributed by atoms with van der Waals surface area (Å²) in [7, 11) is 0. The fourth-order valence-electron chi connectivity index (χ4n) is 2.57. The van der Waals surface area contributed by atoms with E-state index in [9.17, 15) is 10.1 Å². The van der Waals surface area contributed by atoms with Crippen molar-refractivity contribution in [1.82, 2.24) is 10.6 Å². The highest BCUT2D eigenvalue weighted by molar-refractivity contribution is 5.79. The predicted octanol–water partition coefficient (Wildman–Crippen LogP) is 2.58. The van der Waals surface area contributed by atoms with Crippen molar-refractivity contribution in [2.75, 3.05) is 13.3 Å². The summed E-state index contributed by atoms with van der Waals surface area (Å²) in [5.74, 6) is 2.04. The van der Waals surface area contributed by atoms with Gasteiger partial charge < -0.3 is 20.1 Å². The maximum atomic E-state index is 11.1. The summed E-state index contributed by atoms with van der Waals surface area (Å²) in [6.45, 7) is 3.64. The van der Waals surface area contributed by atoms with E-state index in [0.29, 0.717) is 31.2 Å². The smallest absolute Gasteiger partial charge is 0.274 e. The largest absolute Gasteiger partial charge is 0.454 e. The Bertz CT molecular complexity index is 823. The lowest BCUT2D eigenvalue weighted by Crippen LogP contribution is -2.36. The summed E-state index contributed by atoms with van der Waals surface area (Å²) >= 11 is 0. The van der Waals surface area contributed by atoms with Crippen molar-refractivity contribution in [3.8, 4) is 11.5 Å². The molecule has 0 aromatic heterocycles. The van der Waals surface area contributed by atoms with Crippen molar-refractivity contribution in [3.05, 3.63) is 63.7 Å². The molecule has 2 N–H and O–H groups in total. The van der Waals surface area contributed by atoms with E-state index < -0.39 is 0 Å². The van der Waals surface area contributed by atoms with Crippen LogP contribution in [-0.4, -0.2) is 24.2 Å². The Morgan fingerprint density at radius 1 is 1.19 bits per heavy atom. The molecule has 8 heteroatoms. The lowest BCUT2D eigenvalue weighted by molar-refractivity contribution is -0.385. The number of nitrogens with one attached hydrogen (secondary N) is 2. The van der Waals surface area contributed by atoms with Crippen LogP contribution in [0, 0.1) is 10.1 Å². The first-order chi connectivity index (χ1) is 12.7. The van der Waals surface area contributed by atoms with Crippen molar-refractivity contribution in [2.24, 2.45) is 4.99 Å². The van der Waals surface area contributed by atoms with E-state index in [1.807, 2.05) is 25.1 Å². The minimum Gasteiger partial charge on any atom is -0.454 e. The van der Waals surface area contributed by atoms with Gasteiger partial charge in [-0.05, 0) is 24.6 Å². The number of hydrogen-bond acceptors (Lipinski definition) is 5. The van der Waals surface area contributed by atoms with Gasteiger partial charge in [-0.2, -0.15) is 0 Å². The Morgan fingerprint density at radius 3 is 2.81 bits per heavy atom. The Hall–Kier alpha value is -3.29. The molecule has 0 fully saturated rings. The summed E-state index contributed by atoms with van der Waals surface area (Å²) in [6.07, 6.45) is 0. The van der Waals surface area contributed by atoms with Gasteiger partial charge >= 0.3 is 0 Å². The molecule has 0 saturated heterocycles. The van der Waals surface area contributed by atoms with Gasteiger partial charge in [0.2, 0.25) is 6.79 Å². The lowest BCUT2D eigenvalue weighted by atomic mass is 10.2. The van der Waals surface area contributed by atoms with Gasteiger partial charge in [-0.1, -0.05) is 24.3 Å². The Kier molecular flexibility index (Phi) is 5.52. The van der Waals surface area contributed by atoms with Crippen molar-refractivity contribution in [2.45, 2.75) is 20.0 Å². The molecule has 1 aliphatic heterocycles. The lowest BCUT2D eigenvalue weighted by Gasteiger charge is -2.11. The third-order valence-electron chi connectivity index (χ3n) is 3.84. The summed E-state index contributed by atoms with van der Waals surface area (Å²) in [5, 5.41) is 17.4. The highest BCUT2D eigenvalue weighted by Gasteiger charge is 2.14. The van der Waals surface area contributed by atoms with Gasteiger partial charge in [0.25, 0.3) is 5.69 Å². The van der Waals surface area contributed by atoms with E-state index in [2.05, 4.69) is 15.6 Å². The standard InChI is InChI=1S/C18H20N4O4/c1-2-19-18(21-11-14-5-3-4-6-15(14)22(23)24)20-10-13-7-8-16-17(9-13)26-12-25-16/h3-9H,2,10-12H2,1H3,(H2,19,20,21). The number of aliphatic imine (C=N–C) groups is 1. The topological polar surface area (TPSA) is 98.0 Å². The molecule has 26 heavy (non-hydrogen) atoms. The van der Waals surface area contributed by atoms with Gasteiger partial charge in [0.15, 0.2) is 17.5 Å². The molecule has 0 unspecified atom stereocenters. The molecule has 1 aliphatic rings. The second kappa shape index (κ2) is 8.19. The van der Waals surface area contributed by atoms with Crippen LogP contribution in [0.3, 0.4) is 0 Å². The third-order valence-corrected chi connectivity index (χ3v) is 3.84. The average Bonchev–Trinajstić information content (AvgIpc) is 3.12. The molecule has 0 bridgehead atoms. The van der Waals surface area contributed by atoms with E-state index in [1.165, 1.54) is 6.07 Å². The summed E-state index contributed by atoms with van der Waals surface area (Å²) in [5.41, 5.74) is 1.68. The molecule has 136 valence electrons. The number of nitrogens with zero attached hydrogens (tertiary/aromatic N) is 2. The molecule has 3 rings (SSSR count). The van der Waals surface area contributed by atoms with Crippen LogP contribution in [0.1, 0.15) is 18.1 Å². The first-order valence-corrected chi connectivity index (χ1v) is 8.30. The first-order valence-electron chi connectivity index (χ1n) is 8.30. The fraction of sp³-hybridized carbons (Fsp3) is 0.278. The molecule has 0 radical (unpaired) electrons. The number of guanidine groups is 1. The highest BCUT2D eigenvalue weighted by Crippen LogP contribution is 2.32. The van der Waals surface area contributed by atoms with Gasteiger partial charge in [0.05, 0.1) is 11.5 Å². The van der Waals surface area contributed by atoms with Crippen LogP contribution in [0.15, 0.2) is 47.5 Å². The molecule has 2 aromatic rings. The minimum atomic E-state index is -0.381. The maximum absolute atomic E-state index is 11.1. The van der Waals surface area contributed by atoms with Gasteiger partial charge in [-0.25, -0.2) is 4.99 Å². The van der Waals surface area contributed by atoms with Crippen LogP contribution >= 0.6 is 0 Å². The maximum Gasteiger partial charge on any atom is 0.274 e. The van der Waals surface area contributed by atoms with Crippen molar-refractivity contribution in [1.29, 1.82) is 0 Å². The molecule has 0 saturated carbocycles. The van der Waals surface area contributed by atoms with E-state index in [-0.39, 0.29) is 17.4 Å². The quantitative estimate of drug-likeness (QED) is 0.357. The zero-order chi connectivity index (χ0) is 18.4. The van der Waals surface area contributed by atoms with Gasteiger partial charge in [0.1, 0.15) is 0 Å². The second-order valence-electron chi connectivity index (χ2n) is 5.62.